The molecular weight excluding hydrogens is 324 g/mol. The molecule has 0 saturated carbocycles. The molecule has 1 heterocycles. The van der Waals surface area contributed by atoms with E-state index < -0.39 is 0 Å². The lowest BCUT2D eigenvalue weighted by Gasteiger charge is -2.10. The molecule has 0 fully saturated rings. The molecule has 0 radical (unpaired) electrons. The molecule has 1 aromatic heterocycles. The van der Waals surface area contributed by atoms with Gasteiger partial charge in [0.05, 0.1) is 0 Å². The second-order valence-electron chi connectivity index (χ2n) is 6.20. The van der Waals surface area contributed by atoms with Crippen LogP contribution in [0.3, 0.4) is 0 Å². The second-order valence-corrected chi connectivity index (χ2v) is 6.20. The number of anilines is 2. The number of nitrogens with zero attached hydrogens (tertiary/aromatic N) is 2. The van der Waals surface area contributed by atoms with Crippen molar-refractivity contribution in [1.29, 1.82) is 0 Å². The van der Waals surface area contributed by atoms with Crippen LogP contribution in [0.5, 0.6) is 0 Å². The van der Waals surface area contributed by atoms with E-state index >= 15 is 0 Å². The highest BCUT2D eigenvalue weighted by atomic mass is 16.1. The minimum atomic E-state index is -0.243. The van der Waals surface area contributed by atoms with Crippen molar-refractivity contribution in [2.24, 2.45) is 0 Å². The Morgan fingerprint density at radius 3 is 2.65 bits per heavy atom. The molecule has 0 atom stereocenters. The van der Waals surface area contributed by atoms with Gasteiger partial charge >= 0.3 is 0 Å². The molecule has 0 aliphatic rings. The number of rotatable bonds is 6. The number of aromatic nitrogens is 2. The number of carbonyl (C=O) groups is 1. The Kier molecular flexibility index (Phi) is 5.59. The molecular formula is C21H22N4O. The fraction of sp³-hybridized carbons (Fsp3) is 0.190. The number of hydrogen-bond donors (Lipinski definition) is 2. The Hall–Kier alpha value is -3.21. The second kappa shape index (κ2) is 8.25. The number of aryl methyl sites for hydroxylation is 2. The molecule has 0 aliphatic carbocycles. The summed E-state index contributed by atoms with van der Waals surface area (Å²) < 4.78 is 0. The minimum absolute atomic E-state index is 0.243. The van der Waals surface area contributed by atoms with Gasteiger partial charge in [-0.25, -0.2) is 9.97 Å². The van der Waals surface area contributed by atoms with E-state index in [0.29, 0.717) is 18.2 Å². The summed E-state index contributed by atoms with van der Waals surface area (Å²) in [7, 11) is 0. The summed E-state index contributed by atoms with van der Waals surface area (Å²) in [5.74, 6) is 0.210. The highest BCUT2D eigenvalue weighted by Crippen LogP contribution is 2.17. The van der Waals surface area contributed by atoms with Gasteiger partial charge in [-0.3, -0.25) is 4.79 Å². The van der Waals surface area contributed by atoms with E-state index in [1.54, 1.807) is 12.3 Å². The van der Waals surface area contributed by atoms with Crippen LogP contribution in [0.2, 0.25) is 0 Å². The summed E-state index contributed by atoms with van der Waals surface area (Å²) in [4.78, 5) is 21.0. The van der Waals surface area contributed by atoms with E-state index in [2.05, 4.69) is 32.7 Å². The van der Waals surface area contributed by atoms with Gasteiger partial charge in [0.15, 0.2) is 0 Å². The lowest BCUT2D eigenvalue weighted by atomic mass is 10.1. The van der Waals surface area contributed by atoms with Crippen LogP contribution in [0, 0.1) is 13.8 Å². The first-order valence-electron chi connectivity index (χ1n) is 8.61. The monoisotopic (exact) mass is 346 g/mol. The number of benzene rings is 2. The predicted molar refractivity (Wildman–Crippen MR) is 105 cm³/mol. The molecule has 26 heavy (non-hydrogen) atoms. The fourth-order valence-corrected chi connectivity index (χ4v) is 2.59. The highest BCUT2D eigenvalue weighted by Gasteiger charge is 2.10. The Labute approximate surface area is 153 Å². The molecule has 0 aliphatic heterocycles. The van der Waals surface area contributed by atoms with E-state index in [4.69, 9.17) is 0 Å². The molecule has 132 valence electrons. The molecule has 0 unspecified atom stereocenters. The van der Waals surface area contributed by atoms with Crippen LogP contribution in [-0.2, 0) is 6.42 Å². The van der Waals surface area contributed by atoms with Crippen molar-refractivity contribution >= 4 is 17.5 Å². The third kappa shape index (κ3) is 4.66. The van der Waals surface area contributed by atoms with Crippen LogP contribution in [0.1, 0.15) is 27.2 Å². The first kappa shape index (κ1) is 17.6. The van der Waals surface area contributed by atoms with Gasteiger partial charge in [0.1, 0.15) is 5.69 Å². The SMILES string of the molecule is Cc1ccc(C)c(NC(=O)c2ccnc(NCCc3ccccc3)n2)c1. The van der Waals surface area contributed by atoms with E-state index in [9.17, 15) is 4.79 Å². The lowest BCUT2D eigenvalue weighted by Crippen LogP contribution is -2.16. The molecule has 2 aromatic carbocycles. The van der Waals surface area contributed by atoms with E-state index in [1.165, 1.54) is 5.56 Å². The zero-order chi connectivity index (χ0) is 18.4. The summed E-state index contributed by atoms with van der Waals surface area (Å²) >= 11 is 0. The quantitative estimate of drug-likeness (QED) is 0.708. The summed E-state index contributed by atoms with van der Waals surface area (Å²) in [6, 6.07) is 17.8. The van der Waals surface area contributed by atoms with Gasteiger partial charge in [-0.1, -0.05) is 42.5 Å². The summed E-state index contributed by atoms with van der Waals surface area (Å²) in [5, 5.41) is 6.09. The Balaban J connectivity index is 1.62. The Bertz CT molecular complexity index is 894. The van der Waals surface area contributed by atoms with Gasteiger partial charge in [-0.15, -0.1) is 0 Å². The van der Waals surface area contributed by atoms with Crippen molar-refractivity contribution in [3.8, 4) is 0 Å². The molecule has 0 spiro atoms. The lowest BCUT2D eigenvalue weighted by molar-refractivity contribution is 0.102. The van der Waals surface area contributed by atoms with Crippen LogP contribution in [0.15, 0.2) is 60.8 Å². The van der Waals surface area contributed by atoms with Crippen molar-refractivity contribution in [2.75, 3.05) is 17.2 Å². The standard InChI is InChI=1S/C21H22N4O/c1-15-8-9-16(2)19(14-15)24-20(26)18-11-13-23-21(25-18)22-12-10-17-6-4-3-5-7-17/h3-9,11,13-14H,10,12H2,1-2H3,(H,24,26)(H,22,23,25). The van der Waals surface area contributed by atoms with Crippen molar-refractivity contribution in [3.63, 3.8) is 0 Å². The molecule has 0 saturated heterocycles. The number of nitrogens with one attached hydrogen (secondary N) is 2. The maximum Gasteiger partial charge on any atom is 0.274 e. The van der Waals surface area contributed by atoms with Gasteiger partial charge in [0.25, 0.3) is 5.91 Å². The highest BCUT2D eigenvalue weighted by molar-refractivity contribution is 6.03. The van der Waals surface area contributed by atoms with Crippen molar-refractivity contribution < 1.29 is 4.79 Å². The topological polar surface area (TPSA) is 66.9 Å². The largest absolute Gasteiger partial charge is 0.354 e. The van der Waals surface area contributed by atoms with Gasteiger partial charge in [-0.05, 0) is 49.1 Å². The summed E-state index contributed by atoms with van der Waals surface area (Å²) in [5.41, 5.74) is 4.48. The third-order valence-corrected chi connectivity index (χ3v) is 4.07. The van der Waals surface area contributed by atoms with Crippen molar-refractivity contribution in [3.05, 3.63) is 83.2 Å². The molecule has 5 heteroatoms. The van der Waals surface area contributed by atoms with Gasteiger partial charge in [0, 0.05) is 18.4 Å². The van der Waals surface area contributed by atoms with E-state index in [1.807, 2.05) is 50.2 Å². The molecule has 1 amide bonds. The van der Waals surface area contributed by atoms with Crippen molar-refractivity contribution in [2.45, 2.75) is 20.3 Å². The Morgan fingerprint density at radius 2 is 1.85 bits per heavy atom. The number of amides is 1. The first-order chi connectivity index (χ1) is 12.6. The third-order valence-electron chi connectivity index (χ3n) is 4.07. The van der Waals surface area contributed by atoms with E-state index in [0.717, 1.165) is 23.2 Å². The predicted octanol–water partition coefficient (Wildman–Crippen LogP) is 4.00. The molecule has 2 N–H and O–H groups in total. The van der Waals surface area contributed by atoms with Gasteiger partial charge < -0.3 is 10.6 Å². The summed E-state index contributed by atoms with van der Waals surface area (Å²) in [6.07, 6.45) is 2.46. The van der Waals surface area contributed by atoms with Gasteiger partial charge in [-0.2, -0.15) is 0 Å². The average molecular weight is 346 g/mol. The zero-order valence-electron chi connectivity index (χ0n) is 15.0. The smallest absolute Gasteiger partial charge is 0.274 e. The number of hydrogen-bond acceptors (Lipinski definition) is 4. The van der Waals surface area contributed by atoms with Crippen LogP contribution >= 0.6 is 0 Å². The number of carbonyl (C=O) groups excluding carboxylic acids is 1. The average Bonchev–Trinajstić information content (AvgIpc) is 2.66. The molecule has 3 aromatic rings. The Morgan fingerprint density at radius 1 is 1.04 bits per heavy atom. The van der Waals surface area contributed by atoms with Crippen LogP contribution in [0.4, 0.5) is 11.6 Å². The van der Waals surface area contributed by atoms with Crippen LogP contribution in [0.25, 0.3) is 0 Å². The first-order valence-corrected chi connectivity index (χ1v) is 8.61. The molecule has 5 nitrogen and oxygen atoms in total. The zero-order valence-corrected chi connectivity index (χ0v) is 15.0. The van der Waals surface area contributed by atoms with Crippen molar-refractivity contribution in [1.82, 2.24) is 9.97 Å². The normalized spacial score (nSPS) is 10.4. The molecule has 3 rings (SSSR count). The molecule has 0 bridgehead atoms. The van der Waals surface area contributed by atoms with Crippen LogP contribution < -0.4 is 10.6 Å². The van der Waals surface area contributed by atoms with Crippen LogP contribution in [-0.4, -0.2) is 22.4 Å². The minimum Gasteiger partial charge on any atom is -0.354 e. The summed E-state index contributed by atoms with van der Waals surface area (Å²) in [6.45, 7) is 4.66. The maximum absolute atomic E-state index is 12.5. The van der Waals surface area contributed by atoms with Gasteiger partial charge in [0.2, 0.25) is 5.95 Å². The maximum atomic E-state index is 12.5. The fourth-order valence-electron chi connectivity index (χ4n) is 2.59. The van der Waals surface area contributed by atoms with E-state index in [-0.39, 0.29) is 5.91 Å².